The molecular weight excluding hydrogens is 202 g/mol. The molecule has 4 heteroatoms. The molecule has 0 saturated heterocycles. The molecule has 86 valence electrons. The van der Waals surface area contributed by atoms with Crippen LogP contribution in [0, 0.1) is 6.92 Å². The maximum absolute atomic E-state index is 11.9. The highest BCUT2D eigenvalue weighted by atomic mass is 16.2. The summed E-state index contributed by atoms with van der Waals surface area (Å²) in [6.07, 6.45) is 0.677. The first-order valence-corrected chi connectivity index (χ1v) is 5.48. The van der Waals surface area contributed by atoms with Crippen LogP contribution in [0.5, 0.6) is 0 Å². The Morgan fingerprint density at radius 3 is 2.94 bits per heavy atom. The molecule has 4 nitrogen and oxygen atoms in total. The van der Waals surface area contributed by atoms with Crippen LogP contribution in [0.25, 0.3) is 0 Å². The molecule has 2 rings (SSSR count). The van der Waals surface area contributed by atoms with Gasteiger partial charge in [0.2, 0.25) is 5.91 Å². The number of fused-ring (bicyclic) bond motifs is 1. The average molecular weight is 219 g/mol. The van der Waals surface area contributed by atoms with Gasteiger partial charge in [-0.15, -0.1) is 0 Å². The van der Waals surface area contributed by atoms with Gasteiger partial charge in [0.05, 0.1) is 11.4 Å². The Hall–Kier alpha value is -1.55. The third-order valence-electron chi connectivity index (χ3n) is 3.06. The topological polar surface area (TPSA) is 58.4 Å². The summed E-state index contributed by atoms with van der Waals surface area (Å²) in [5.41, 5.74) is 8.69. The summed E-state index contributed by atoms with van der Waals surface area (Å²) in [4.78, 5) is 13.9. The number of aryl methyl sites for hydroxylation is 1. The predicted octanol–water partition coefficient (Wildman–Crippen LogP) is 1.10. The number of nitrogens with one attached hydrogen (secondary N) is 1. The average Bonchev–Trinajstić information content (AvgIpc) is 2.24. The van der Waals surface area contributed by atoms with Crippen molar-refractivity contribution in [2.24, 2.45) is 5.73 Å². The minimum atomic E-state index is -0.154. The van der Waals surface area contributed by atoms with Gasteiger partial charge in [0.25, 0.3) is 0 Å². The standard InChI is InChI=1S/C12H17N3O/c1-8-4-3-5-9-11(8)15(2)10(6-7-13)12(16)14-9/h3-5,10H,6-7,13H2,1-2H3,(H,14,16). The van der Waals surface area contributed by atoms with E-state index in [0.29, 0.717) is 13.0 Å². The van der Waals surface area contributed by atoms with Crippen molar-refractivity contribution in [3.8, 4) is 0 Å². The van der Waals surface area contributed by atoms with Crippen molar-refractivity contribution in [2.75, 3.05) is 23.8 Å². The third kappa shape index (κ3) is 1.65. The van der Waals surface area contributed by atoms with E-state index in [0.717, 1.165) is 11.4 Å². The van der Waals surface area contributed by atoms with Crippen LogP contribution in [0.1, 0.15) is 12.0 Å². The minimum Gasteiger partial charge on any atom is -0.361 e. The van der Waals surface area contributed by atoms with Crippen molar-refractivity contribution in [1.82, 2.24) is 0 Å². The van der Waals surface area contributed by atoms with Crippen molar-refractivity contribution < 1.29 is 4.79 Å². The van der Waals surface area contributed by atoms with Crippen LogP contribution in [0.4, 0.5) is 11.4 Å². The van der Waals surface area contributed by atoms with Crippen LogP contribution in [0.15, 0.2) is 18.2 Å². The molecule has 0 bridgehead atoms. The van der Waals surface area contributed by atoms with Gasteiger partial charge in [0.15, 0.2) is 0 Å². The molecule has 1 amide bonds. The number of amides is 1. The Balaban J connectivity index is 2.42. The Labute approximate surface area is 95.4 Å². The molecule has 0 aromatic heterocycles. The maximum atomic E-state index is 11.9. The summed E-state index contributed by atoms with van der Waals surface area (Å²) >= 11 is 0. The second-order valence-electron chi connectivity index (χ2n) is 4.16. The maximum Gasteiger partial charge on any atom is 0.247 e. The first kappa shape index (κ1) is 11.0. The summed E-state index contributed by atoms with van der Waals surface area (Å²) in [5, 5.41) is 2.93. The fourth-order valence-corrected chi connectivity index (χ4v) is 2.26. The van der Waals surface area contributed by atoms with Crippen molar-refractivity contribution in [1.29, 1.82) is 0 Å². The number of hydrogen-bond donors (Lipinski definition) is 2. The van der Waals surface area contributed by atoms with Gasteiger partial charge in [0.1, 0.15) is 6.04 Å². The van der Waals surface area contributed by atoms with Crippen LogP contribution in [-0.2, 0) is 4.79 Å². The van der Waals surface area contributed by atoms with Crippen LogP contribution in [0.2, 0.25) is 0 Å². The molecule has 3 N–H and O–H groups in total. The fourth-order valence-electron chi connectivity index (χ4n) is 2.26. The third-order valence-corrected chi connectivity index (χ3v) is 3.06. The van der Waals surface area contributed by atoms with Crippen LogP contribution < -0.4 is 16.0 Å². The zero-order valence-electron chi connectivity index (χ0n) is 9.66. The number of nitrogens with zero attached hydrogens (tertiary/aromatic N) is 1. The largest absolute Gasteiger partial charge is 0.361 e. The Kier molecular flexibility index (Phi) is 2.83. The molecule has 0 radical (unpaired) electrons. The van der Waals surface area contributed by atoms with Crippen LogP contribution in [0.3, 0.4) is 0 Å². The van der Waals surface area contributed by atoms with Gasteiger partial charge >= 0.3 is 0 Å². The Morgan fingerprint density at radius 1 is 1.50 bits per heavy atom. The number of para-hydroxylation sites is 1. The van der Waals surface area contributed by atoms with Crippen molar-refractivity contribution in [3.05, 3.63) is 23.8 Å². The molecule has 1 atom stereocenters. The number of likely N-dealkylation sites (N-methyl/N-ethyl adjacent to an activating group) is 1. The summed E-state index contributed by atoms with van der Waals surface area (Å²) < 4.78 is 0. The van der Waals surface area contributed by atoms with Gasteiger partial charge in [-0.2, -0.15) is 0 Å². The molecule has 0 aliphatic carbocycles. The van der Waals surface area contributed by atoms with Crippen LogP contribution in [-0.4, -0.2) is 25.5 Å². The van der Waals surface area contributed by atoms with Gasteiger partial charge in [0, 0.05) is 7.05 Å². The lowest BCUT2D eigenvalue weighted by molar-refractivity contribution is -0.117. The molecule has 1 aliphatic rings. The highest BCUT2D eigenvalue weighted by Crippen LogP contribution is 2.34. The second-order valence-corrected chi connectivity index (χ2v) is 4.16. The van der Waals surface area contributed by atoms with E-state index in [2.05, 4.69) is 5.32 Å². The van der Waals surface area contributed by atoms with Gasteiger partial charge in [-0.1, -0.05) is 12.1 Å². The lowest BCUT2D eigenvalue weighted by Gasteiger charge is -2.36. The quantitative estimate of drug-likeness (QED) is 0.783. The number of carbonyl (C=O) groups excluding carboxylic acids is 1. The number of rotatable bonds is 2. The number of hydrogen-bond acceptors (Lipinski definition) is 3. The number of nitrogens with two attached hydrogens (primary N) is 1. The van der Waals surface area contributed by atoms with Gasteiger partial charge in [-0.05, 0) is 31.5 Å². The molecule has 1 aliphatic heterocycles. The van der Waals surface area contributed by atoms with E-state index in [1.165, 1.54) is 5.56 Å². The van der Waals surface area contributed by atoms with Crippen molar-refractivity contribution >= 4 is 17.3 Å². The molecule has 0 spiro atoms. The van der Waals surface area contributed by atoms with Crippen molar-refractivity contribution in [2.45, 2.75) is 19.4 Å². The van der Waals surface area contributed by atoms with E-state index < -0.39 is 0 Å². The zero-order chi connectivity index (χ0) is 11.7. The molecule has 1 unspecified atom stereocenters. The molecule has 0 fully saturated rings. The second kappa shape index (κ2) is 4.14. The molecule has 1 aromatic rings. The number of carbonyl (C=O) groups is 1. The Bertz CT molecular complexity index is 417. The van der Waals surface area contributed by atoms with Gasteiger partial charge in [-0.3, -0.25) is 4.79 Å². The van der Waals surface area contributed by atoms with E-state index in [4.69, 9.17) is 5.73 Å². The SMILES string of the molecule is Cc1cccc2c1N(C)C(CCN)C(=O)N2. The van der Waals surface area contributed by atoms with Crippen molar-refractivity contribution in [3.63, 3.8) is 0 Å². The highest BCUT2D eigenvalue weighted by molar-refractivity contribution is 6.04. The summed E-state index contributed by atoms with van der Waals surface area (Å²) in [6, 6.07) is 5.77. The van der Waals surface area contributed by atoms with E-state index in [9.17, 15) is 4.79 Å². The first-order chi connectivity index (χ1) is 7.65. The normalized spacial score (nSPS) is 19.3. The van der Waals surface area contributed by atoms with E-state index in [1.54, 1.807) is 0 Å². The smallest absolute Gasteiger partial charge is 0.247 e. The summed E-state index contributed by atoms with van der Waals surface area (Å²) in [7, 11) is 1.95. The molecule has 1 aromatic carbocycles. The number of benzene rings is 1. The fraction of sp³-hybridized carbons (Fsp3) is 0.417. The molecular formula is C12H17N3O. The molecule has 16 heavy (non-hydrogen) atoms. The molecule has 0 saturated carbocycles. The zero-order valence-corrected chi connectivity index (χ0v) is 9.66. The molecule has 1 heterocycles. The monoisotopic (exact) mass is 219 g/mol. The minimum absolute atomic E-state index is 0.0334. The number of anilines is 2. The highest BCUT2D eigenvalue weighted by Gasteiger charge is 2.30. The van der Waals surface area contributed by atoms with Gasteiger partial charge in [-0.25, -0.2) is 0 Å². The predicted molar refractivity (Wildman–Crippen MR) is 65.7 cm³/mol. The van der Waals surface area contributed by atoms with E-state index in [1.807, 2.05) is 37.1 Å². The van der Waals surface area contributed by atoms with Crippen LogP contribution >= 0.6 is 0 Å². The summed E-state index contributed by atoms with van der Waals surface area (Å²) in [5.74, 6) is 0.0334. The van der Waals surface area contributed by atoms with E-state index in [-0.39, 0.29) is 11.9 Å². The van der Waals surface area contributed by atoms with E-state index >= 15 is 0 Å². The first-order valence-electron chi connectivity index (χ1n) is 5.48. The summed E-state index contributed by atoms with van der Waals surface area (Å²) in [6.45, 7) is 2.57. The Morgan fingerprint density at radius 2 is 2.25 bits per heavy atom. The lowest BCUT2D eigenvalue weighted by atomic mass is 10.0. The lowest BCUT2D eigenvalue weighted by Crippen LogP contribution is -2.47. The van der Waals surface area contributed by atoms with Gasteiger partial charge < -0.3 is 16.0 Å².